The Morgan fingerprint density at radius 3 is 2.64 bits per heavy atom. The van der Waals surface area contributed by atoms with E-state index in [4.69, 9.17) is 4.74 Å². The van der Waals surface area contributed by atoms with Crippen molar-refractivity contribution in [3.8, 4) is 5.88 Å². The molecule has 1 aromatic heterocycles. The van der Waals surface area contributed by atoms with Crippen molar-refractivity contribution in [2.75, 3.05) is 25.5 Å². The quantitative estimate of drug-likeness (QED) is 0.555. The largest absolute Gasteiger partial charge is 0.481 e. The van der Waals surface area contributed by atoms with Crippen LogP contribution in [0.3, 0.4) is 0 Å². The Hall–Kier alpha value is -2.72. The summed E-state index contributed by atoms with van der Waals surface area (Å²) in [6.07, 6.45) is 4.18. The molecule has 0 aliphatic carbocycles. The summed E-state index contributed by atoms with van der Waals surface area (Å²) in [6.45, 7) is 1.19. The van der Waals surface area contributed by atoms with Crippen LogP contribution in [0.15, 0.2) is 41.4 Å². The Morgan fingerprint density at radius 2 is 1.96 bits per heavy atom. The first-order chi connectivity index (χ1) is 13.4. The highest BCUT2D eigenvalue weighted by atomic mass is 32.2. The third kappa shape index (κ3) is 4.39. The van der Waals surface area contributed by atoms with E-state index in [2.05, 4.69) is 10.3 Å². The van der Waals surface area contributed by atoms with Gasteiger partial charge in [-0.1, -0.05) is 6.42 Å². The summed E-state index contributed by atoms with van der Waals surface area (Å²) < 4.78 is 32.0. The molecule has 3 rings (SSSR count). The topological polar surface area (TPSA) is 115 Å². The predicted molar refractivity (Wildman–Crippen MR) is 104 cm³/mol. The lowest BCUT2D eigenvalue weighted by molar-refractivity contribution is -0.384. The first kappa shape index (κ1) is 20.0. The van der Waals surface area contributed by atoms with Gasteiger partial charge in [0.05, 0.1) is 16.9 Å². The van der Waals surface area contributed by atoms with Crippen LogP contribution in [-0.4, -0.2) is 42.8 Å². The maximum absolute atomic E-state index is 12.8. The van der Waals surface area contributed by atoms with Crippen molar-refractivity contribution < 1.29 is 18.1 Å². The maximum atomic E-state index is 12.8. The van der Waals surface area contributed by atoms with E-state index in [-0.39, 0.29) is 16.3 Å². The van der Waals surface area contributed by atoms with Crippen molar-refractivity contribution in [2.45, 2.75) is 30.7 Å². The monoisotopic (exact) mass is 406 g/mol. The molecule has 1 aliphatic heterocycles. The Kier molecular flexibility index (Phi) is 6.10. The highest BCUT2D eigenvalue weighted by Crippen LogP contribution is 2.30. The minimum atomic E-state index is -3.73. The number of nitrogens with one attached hydrogen (secondary N) is 1. The van der Waals surface area contributed by atoms with Gasteiger partial charge in [-0.15, -0.1) is 0 Å². The number of rotatable bonds is 7. The molecule has 1 aromatic carbocycles. The number of piperidine rings is 1. The molecule has 0 radical (unpaired) electrons. The van der Waals surface area contributed by atoms with Gasteiger partial charge < -0.3 is 10.1 Å². The molecule has 0 saturated carbocycles. The van der Waals surface area contributed by atoms with Gasteiger partial charge in [-0.3, -0.25) is 10.1 Å². The second-order valence-corrected chi connectivity index (χ2v) is 8.40. The zero-order valence-corrected chi connectivity index (χ0v) is 16.3. The molecule has 0 unspecified atom stereocenters. The van der Waals surface area contributed by atoms with Crippen LogP contribution >= 0.6 is 0 Å². The van der Waals surface area contributed by atoms with Crippen LogP contribution in [0.25, 0.3) is 0 Å². The standard InChI is InChI=1S/C18H22N4O5S/c1-27-18-11-14(7-8-19-18)13-20-16-6-5-15(12-17(16)22(23)24)28(25,26)21-9-3-2-4-10-21/h5-8,11-12,20H,2-4,9-10,13H2,1H3. The van der Waals surface area contributed by atoms with Gasteiger partial charge in [0, 0.05) is 38.0 Å². The van der Waals surface area contributed by atoms with E-state index in [1.165, 1.54) is 23.5 Å². The number of hydrogen-bond donors (Lipinski definition) is 1. The summed E-state index contributed by atoms with van der Waals surface area (Å²) in [5, 5.41) is 14.5. The van der Waals surface area contributed by atoms with Gasteiger partial charge in [-0.25, -0.2) is 13.4 Å². The molecule has 0 spiro atoms. The molecule has 0 atom stereocenters. The Balaban J connectivity index is 1.83. The van der Waals surface area contributed by atoms with Gasteiger partial charge in [0.1, 0.15) is 5.69 Å². The Morgan fingerprint density at radius 1 is 1.21 bits per heavy atom. The van der Waals surface area contributed by atoms with Crippen LogP contribution in [-0.2, 0) is 16.6 Å². The molecule has 10 heteroatoms. The average molecular weight is 406 g/mol. The van der Waals surface area contributed by atoms with Crippen molar-refractivity contribution in [3.05, 3.63) is 52.2 Å². The number of ether oxygens (including phenoxy) is 1. The van der Waals surface area contributed by atoms with Crippen molar-refractivity contribution in [1.29, 1.82) is 0 Å². The van der Waals surface area contributed by atoms with E-state index in [0.29, 0.717) is 25.5 Å². The first-order valence-corrected chi connectivity index (χ1v) is 10.4. The molecule has 1 saturated heterocycles. The fourth-order valence-electron chi connectivity index (χ4n) is 3.10. The molecule has 2 aromatic rings. The lowest BCUT2D eigenvalue weighted by Crippen LogP contribution is -2.35. The SMILES string of the molecule is COc1cc(CNc2ccc(S(=O)(=O)N3CCCCC3)cc2[N+](=O)[O-])ccn1. The predicted octanol–water partition coefficient (Wildman–Crippen LogP) is 2.79. The first-order valence-electron chi connectivity index (χ1n) is 8.93. The van der Waals surface area contributed by atoms with Crippen LogP contribution in [0.2, 0.25) is 0 Å². The summed E-state index contributed by atoms with van der Waals surface area (Å²) in [6, 6.07) is 7.45. The number of hydrogen-bond acceptors (Lipinski definition) is 7. The van der Waals surface area contributed by atoms with Gasteiger partial charge in [-0.05, 0) is 36.6 Å². The van der Waals surface area contributed by atoms with E-state index in [1.54, 1.807) is 18.3 Å². The summed E-state index contributed by atoms with van der Waals surface area (Å²) in [5.41, 5.74) is 0.795. The number of nitro groups is 1. The van der Waals surface area contributed by atoms with E-state index in [9.17, 15) is 18.5 Å². The van der Waals surface area contributed by atoms with E-state index in [0.717, 1.165) is 30.9 Å². The van der Waals surface area contributed by atoms with Gasteiger partial charge in [-0.2, -0.15) is 4.31 Å². The number of methoxy groups -OCH3 is 1. The smallest absolute Gasteiger partial charge is 0.293 e. The Labute approximate surface area is 163 Å². The van der Waals surface area contributed by atoms with Crippen molar-refractivity contribution in [3.63, 3.8) is 0 Å². The summed E-state index contributed by atoms with van der Waals surface area (Å²) in [5.74, 6) is 0.441. The molecule has 0 amide bonds. The molecule has 1 N–H and O–H groups in total. The molecule has 9 nitrogen and oxygen atoms in total. The molecule has 28 heavy (non-hydrogen) atoms. The second-order valence-electron chi connectivity index (χ2n) is 6.46. The third-order valence-electron chi connectivity index (χ3n) is 4.61. The lowest BCUT2D eigenvalue weighted by Gasteiger charge is -2.25. The normalized spacial score (nSPS) is 15.2. The van der Waals surface area contributed by atoms with Gasteiger partial charge in [0.25, 0.3) is 5.69 Å². The zero-order chi connectivity index (χ0) is 20.1. The average Bonchev–Trinajstić information content (AvgIpc) is 2.72. The van der Waals surface area contributed by atoms with E-state index >= 15 is 0 Å². The molecule has 2 heterocycles. The number of aromatic nitrogens is 1. The van der Waals surface area contributed by atoms with Crippen molar-refractivity contribution in [2.24, 2.45) is 0 Å². The molecular weight excluding hydrogens is 384 g/mol. The van der Waals surface area contributed by atoms with Gasteiger partial charge in [0.2, 0.25) is 15.9 Å². The highest BCUT2D eigenvalue weighted by Gasteiger charge is 2.28. The lowest BCUT2D eigenvalue weighted by atomic mass is 10.2. The van der Waals surface area contributed by atoms with Crippen LogP contribution in [0.1, 0.15) is 24.8 Å². The summed E-state index contributed by atoms with van der Waals surface area (Å²) in [7, 11) is -2.23. The fraction of sp³-hybridized carbons (Fsp3) is 0.389. The highest BCUT2D eigenvalue weighted by molar-refractivity contribution is 7.89. The summed E-state index contributed by atoms with van der Waals surface area (Å²) in [4.78, 5) is 14.9. The van der Waals surface area contributed by atoms with Gasteiger partial charge in [0.15, 0.2) is 0 Å². The number of pyridine rings is 1. The van der Waals surface area contributed by atoms with Crippen LogP contribution in [0.4, 0.5) is 11.4 Å². The van der Waals surface area contributed by atoms with E-state index < -0.39 is 14.9 Å². The number of nitro benzene ring substituents is 1. The molecule has 1 aliphatic rings. The van der Waals surface area contributed by atoms with Gasteiger partial charge >= 0.3 is 0 Å². The van der Waals surface area contributed by atoms with Crippen LogP contribution in [0.5, 0.6) is 5.88 Å². The fourth-order valence-corrected chi connectivity index (χ4v) is 4.63. The molecule has 150 valence electrons. The number of nitrogens with zero attached hydrogens (tertiary/aromatic N) is 3. The molecule has 1 fully saturated rings. The van der Waals surface area contributed by atoms with Crippen LogP contribution in [0, 0.1) is 10.1 Å². The number of sulfonamides is 1. The Bertz CT molecular complexity index is 958. The number of benzene rings is 1. The third-order valence-corrected chi connectivity index (χ3v) is 6.50. The zero-order valence-electron chi connectivity index (χ0n) is 15.5. The van der Waals surface area contributed by atoms with Crippen molar-refractivity contribution >= 4 is 21.4 Å². The minimum absolute atomic E-state index is 0.0581. The summed E-state index contributed by atoms with van der Waals surface area (Å²) >= 11 is 0. The van der Waals surface area contributed by atoms with Crippen LogP contribution < -0.4 is 10.1 Å². The van der Waals surface area contributed by atoms with E-state index in [1.807, 2.05) is 0 Å². The number of anilines is 1. The maximum Gasteiger partial charge on any atom is 0.293 e. The molecule has 0 bridgehead atoms. The minimum Gasteiger partial charge on any atom is -0.481 e. The van der Waals surface area contributed by atoms with Crippen molar-refractivity contribution in [1.82, 2.24) is 9.29 Å². The second kappa shape index (κ2) is 8.53. The molecular formula is C18H22N4O5S.